The SMILES string of the molecule is C=C(C)CN(CC)C(=O)COC(=O)C12C[C@@H]3C[C@H](CC(NC(C)=O)(C3)C1)C2. The molecule has 0 heterocycles. The van der Waals surface area contributed by atoms with Crippen LogP contribution in [0, 0.1) is 17.3 Å². The summed E-state index contributed by atoms with van der Waals surface area (Å²) in [5, 5.41) is 3.15. The standard InChI is InChI=1S/C21H32N2O4/c1-5-23(11-14(2)3)18(25)12-27-19(26)20-7-16-6-17(8-20)10-21(9-16,13-20)22-15(4)24/h16-17H,2,5-13H2,1,3-4H3,(H,22,24)/t16-,17-,20?,21?/m0/s1. The van der Waals surface area contributed by atoms with Crippen LogP contribution in [0.1, 0.15) is 59.3 Å². The Hall–Kier alpha value is -1.85. The van der Waals surface area contributed by atoms with Crippen molar-refractivity contribution in [1.29, 1.82) is 0 Å². The highest BCUT2D eigenvalue weighted by atomic mass is 16.5. The highest BCUT2D eigenvalue weighted by Crippen LogP contribution is 2.62. The van der Waals surface area contributed by atoms with Crippen LogP contribution >= 0.6 is 0 Å². The zero-order valence-corrected chi connectivity index (χ0v) is 16.8. The Morgan fingerprint density at radius 2 is 1.78 bits per heavy atom. The maximum absolute atomic E-state index is 13.0. The van der Waals surface area contributed by atoms with Crippen molar-refractivity contribution in [2.75, 3.05) is 19.7 Å². The fourth-order valence-electron chi connectivity index (χ4n) is 6.09. The highest BCUT2D eigenvalue weighted by Gasteiger charge is 2.61. The van der Waals surface area contributed by atoms with Crippen LogP contribution in [-0.2, 0) is 19.1 Å². The van der Waals surface area contributed by atoms with Crippen LogP contribution < -0.4 is 5.32 Å². The van der Waals surface area contributed by atoms with Crippen molar-refractivity contribution < 1.29 is 19.1 Å². The molecular formula is C21H32N2O4. The number of likely N-dealkylation sites (N-methyl/N-ethyl adjacent to an activating group) is 1. The topological polar surface area (TPSA) is 75.7 Å². The van der Waals surface area contributed by atoms with Crippen LogP contribution in [0.25, 0.3) is 0 Å². The first kappa shape index (κ1) is 19.9. The number of esters is 1. The van der Waals surface area contributed by atoms with Crippen LogP contribution in [0.4, 0.5) is 0 Å². The van der Waals surface area contributed by atoms with Gasteiger partial charge in [0.1, 0.15) is 0 Å². The van der Waals surface area contributed by atoms with E-state index in [0.717, 1.165) is 37.7 Å². The number of hydrogen-bond acceptors (Lipinski definition) is 4. The summed E-state index contributed by atoms with van der Waals surface area (Å²) >= 11 is 0. The van der Waals surface area contributed by atoms with Crippen molar-refractivity contribution in [3.63, 3.8) is 0 Å². The zero-order valence-electron chi connectivity index (χ0n) is 16.8. The van der Waals surface area contributed by atoms with Crippen molar-refractivity contribution >= 4 is 17.8 Å². The van der Waals surface area contributed by atoms with Gasteiger partial charge in [-0.25, -0.2) is 0 Å². The van der Waals surface area contributed by atoms with Gasteiger partial charge in [0.25, 0.3) is 5.91 Å². The second-order valence-corrected chi connectivity index (χ2v) is 9.14. The van der Waals surface area contributed by atoms with E-state index in [9.17, 15) is 14.4 Å². The van der Waals surface area contributed by atoms with Crippen LogP contribution in [0.2, 0.25) is 0 Å². The lowest BCUT2D eigenvalue weighted by atomic mass is 9.47. The monoisotopic (exact) mass is 376 g/mol. The van der Waals surface area contributed by atoms with E-state index in [2.05, 4.69) is 11.9 Å². The number of nitrogens with one attached hydrogen (secondary N) is 1. The molecule has 0 saturated heterocycles. The Balaban J connectivity index is 1.66. The van der Waals surface area contributed by atoms with E-state index < -0.39 is 5.41 Å². The molecule has 150 valence electrons. The summed E-state index contributed by atoms with van der Waals surface area (Å²) < 4.78 is 5.53. The summed E-state index contributed by atoms with van der Waals surface area (Å²) in [6.07, 6.45) is 5.33. The molecule has 2 amide bonds. The lowest BCUT2D eigenvalue weighted by Crippen LogP contribution is -2.64. The number of hydrogen-bond donors (Lipinski definition) is 1. The predicted octanol–water partition coefficient (Wildman–Crippen LogP) is 2.43. The molecule has 4 bridgehead atoms. The molecule has 2 atom stereocenters. The average Bonchev–Trinajstić information content (AvgIpc) is 2.54. The van der Waals surface area contributed by atoms with Gasteiger partial charge in [-0.1, -0.05) is 12.2 Å². The smallest absolute Gasteiger partial charge is 0.312 e. The van der Waals surface area contributed by atoms with Gasteiger partial charge >= 0.3 is 5.97 Å². The summed E-state index contributed by atoms with van der Waals surface area (Å²) in [6.45, 7) is 9.98. The molecule has 0 aromatic rings. The molecule has 0 radical (unpaired) electrons. The van der Waals surface area contributed by atoms with Crippen LogP contribution in [0.15, 0.2) is 12.2 Å². The molecule has 4 saturated carbocycles. The number of carbonyl (C=O) groups is 3. The second kappa shape index (κ2) is 7.28. The molecular weight excluding hydrogens is 344 g/mol. The molecule has 1 N–H and O–H groups in total. The van der Waals surface area contributed by atoms with Crippen molar-refractivity contribution in [2.45, 2.75) is 64.8 Å². The van der Waals surface area contributed by atoms with Crippen LogP contribution in [0.5, 0.6) is 0 Å². The zero-order chi connectivity index (χ0) is 19.8. The van der Waals surface area contributed by atoms with Crippen molar-refractivity contribution in [3.8, 4) is 0 Å². The third-order valence-electron chi connectivity index (χ3n) is 6.46. The largest absolute Gasteiger partial charge is 0.455 e. The minimum absolute atomic E-state index is 0.0333. The Morgan fingerprint density at radius 3 is 2.30 bits per heavy atom. The lowest BCUT2D eigenvalue weighted by Gasteiger charge is -2.60. The first-order valence-corrected chi connectivity index (χ1v) is 10.0. The third kappa shape index (κ3) is 4.04. The first-order valence-electron chi connectivity index (χ1n) is 10.0. The Kier molecular flexibility index (Phi) is 5.37. The molecule has 4 aliphatic carbocycles. The predicted molar refractivity (Wildman–Crippen MR) is 102 cm³/mol. The minimum atomic E-state index is -0.543. The molecule has 0 aromatic carbocycles. The van der Waals surface area contributed by atoms with E-state index in [0.29, 0.717) is 31.3 Å². The maximum atomic E-state index is 13.0. The summed E-state index contributed by atoms with van der Waals surface area (Å²) in [4.78, 5) is 38.8. The fourth-order valence-corrected chi connectivity index (χ4v) is 6.09. The molecule has 0 aromatic heterocycles. The quantitative estimate of drug-likeness (QED) is 0.547. The number of amides is 2. The fraction of sp³-hybridized carbons (Fsp3) is 0.762. The van der Waals surface area contributed by atoms with E-state index in [1.807, 2.05) is 13.8 Å². The van der Waals surface area contributed by atoms with Crippen LogP contribution in [-0.4, -0.2) is 47.9 Å². The molecule has 4 rings (SSSR count). The molecule has 6 nitrogen and oxygen atoms in total. The Morgan fingerprint density at radius 1 is 1.15 bits per heavy atom. The number of nitrogens with zero attached hydrogens (tertiary/aromatic N) is 1. The number of rotatable bonds is 7. The lowest BCUT2D eigenvalue weighted by molar-refractivity contribution is -0.178. The van der Waals surface area contributed by atoms with E-state index in [1.165, 1.54) is 0 Å². The molecule has 6 heteroatoms. The summed E-state index contributed by atoms with van der Waals surface area (Å²) in [5.41, 5.74) is 0.0851. The third-order valence-corrected chi connectivity index (χ3v) is 6.46. The highest BCUT2D eigenvalue weighted by molar-refractivity contribution is 5.83. The van der Waals surface area contributed by atoms with E-state index in [-0.39, 0.29) is 29.9 Å². The van der Waals surface area contributed by atoms with E-state index in [4.69, 9.17) is 4.74 Å². The Labute approximate surface area is 161 Å². The summed E-state index contributed by atoms with van der Waals surface area (Å²) in [7, 11) is 0. The average molecular weight is 376 g/mol. The van der Waals surface area contributed by atoms with Gasteiger partial charge in [0.2, 0.25) is 5.91 Å². The first-order chi connectivity index (χ1) is 12.7. The van der Waals surface area contributed by atoms with E-state index >= 15 is 0 Å². The van der Waals surface area contributed by atoms with Gasteiger partial charge in [-0.3, -0.25) is 14.4 Å². The van der Waals surface area contributed by atoms with Gasteiger partial charge in [-0.15, -0.1) is 0 Å². The Bertz CT molecular complexity index is 643. The minimum Gasteiger partial charge on any atom is -0.455 e. The van der Waals surface area contributed by atoms with Gasteiger partial charge in [0.15, 0.2) is 6.61 Å². The second-order valence-electron chi connectivity index (χ2n) is 9.14. The van der Waals surface area contributed by atoms with E-state index in [1.54, 1.807) is 11.8 Å². The number of carbonyl (C=O) groups excluding carboxylic acids is 3. The van der Waals surface area contributed by atoms with Gasteiger partial charge in [0, 0.05) is 25.6 Å². The molecule has 0 spiro atoms. The number of ether oxygens (including phenoxy) is 1. The van der Waals surface area contributed by atoms with Gasteiger partial charge < -0.3 is 15.0 Å². The van der Waals surface area contributed by atoms with Crippen molar-refractivity contribution in [3.05, 3.63) is 12.2 Å². The molecule has 4 fully saturated rings. The van der Waals surface area contributed by atoms with Gasteiger partial charge in [-0.2, -0.15) is 0 Å². The maximum Gasteiger partial charge on any atom is 0.312 e. The normalized spacial score (nSPS) is 33.4. The summed E-state index contributed by atoms with van der Waals surface area (Å²) in [6, 6.07) is 0. The molecule has 27 heavy (non-hydrogen) atoms. The van der Waals surface area contributed by atoms with Gasteiger partial charge in [-0.05, 0) is 64.2 Å². The van der Waals surface area contributed by atoms with Gasteiger partial charge in [0.05, 0.1) is 5.41 Å². The van der Waals surface area contributed by atoms with Crippen molar-refractivity contribution in [1.82, 2.24) is 10.2 Å². The van der Waals surface area contributed by atoms with Crippen LogP contribution in [0.3, 0.4) is 0 Å². The molecule has 0 unspecified atom stereocenters. The molecule has 4 aliphatic rings. The summed E-state index contributed by atoms with van der Waals surface area (Å²) in [5.74, 6) is 0.434. The van der Waals surface area contributed by atoms with Crippen molar-refractivity contribution in [2.24, 2.45) is 17.3 Å². The molecule has 0 aliphatic heterocycles.